The zero-order chi connectivity index (χ0) is 26.9. The van der Waals surface area contributed by atoms with Crippen molar-refractivity contribution in [2.24, 2.45) is 5.92 Å². The molecule has 0 radical (unpaired) electrons. The zero-order valence-corrected chi connectivity index (χ0v) is 20.2. The van der Waals surface area contributed by atoms with Crippen LogP contribution in [-0.4, -0.2) is 95.1 Å². The number of aromatic hydroxyl groups is 2. The Balaban J connectivity index is 1.75. The monoisotopic (exact) mass is 518 g/mol. The van der Waals surface area contributed by atoms with Crippen LogP contribution in [0.3, 0.4) is 0 Å². The molecule has 2 aromatic rings. The number of carbonyl (C=O) groups excluding carboxylic acids is 1. The van der Waals surface area contributed by atoms with E-state index >= 15 is 0 Å². The first-order chi connectivity index (χ1) is 17.7. The molecular formula is C26H30O11. The summed E-state index contributed by atoms with van der Waals surface area (Å²) in [6.07, 6.45) is -5.01. The molecular weight excluding hydrogens is 488 g/mol. The van der Waals surface area contributed by atoms with Gasteiger partial charge >= 0.3 is 0 Å². The Morgan fingerprint density at radius 3 is 2.30 bits per heavy atom. The minimum absolute atomic E-state index is 0.0832. The van der Waals surface area contributed by atoms with Crippen molar-refractivity contribution < 1.29 is 54.4 Å². The molecule has 2 aliphatic rings. The van der Waals surface area contributed by atoms with Crippen LogP contribution in [-0.2, 0) is 14.3 Å². The molecule has 1 saturated heterocycles. The van der Waals surface area contributed by atoms with Crippen LogP contribution >= 0.6 is 0 Å². The van der Waals surface area contributed by atoms with E-state index in [0.29, 0.717) is 28.5 Å². The minimum atomic E-state index is -1.62. The number of fused-ring (bicyclic) bond motifs is 1. The Bertz CT molecular complexity index is 1160. The Morgan fingerprint density at radius 2 is 1.65 bits per heavy atom. The van der Waals surface area contributed by atoms with E-state index in [-0.39, 0.29) is 29.6 Å². The second-order valence-electron chi connectivity index (χ2n) is 8.96. The van der Waals surface area contributed by atoms with Crippen molar-refractivity contribution in [1.29, 1.82) is 0 Å². The van der Waals surface area contributed by atoms with Gasteiger partial charge in [0.05, 0.1) is 27.4 Å². The van der Waals surface area contributed by atoms with Crippen molar-refractivity contribution in [1.82, 2.24) is 0 Å². The quantitative estimate of drug-likeness (QED) is 0.265. The number of benzene rings is 2. The molecule has 2 aromatic carbocycles. The summed E-state index contributed by atoms with van der Waals surface area (Å²) in [5.74, 6) is -1.03. The van der Waals surface area contributed by atoms with Crippen LogP contribution in [0.1, 0.15) is 22.6 Å². The molecule has 200 valence electrons. The van der Waals surface area contributed by atoms with Gasteiger partial charge in [-0.15, -0.1) is 0 Å². The molecule has 0 spiro atoms. The molecule has 0 bridgehead atoms. The van der Waals surface area contributed by atoms with Crippen molar-refractivity contribution in [3.05, 3.63) is 52.6 Å². The molecule has 1 heterocycles. The van der Waals surface area contributed by atoms with Crippen molar-refractivity contribution >= 4 is 12.4 Å². The van der Waals surface area contributed by atoms with E-state index in [0.717, 1.165) is 0 Å². The summed E-state index contributed by atoms with van der Waals surface area (Å²) in [4.78, 5) is 12.2. The molecule has 0 saturated carbocycles. The van der Waals surface area contributed by atoms with Crippen LogP contribution in [0, 0.1) is 5.92 Å². The van der Waals surface area contributed by atoms with Crippen molar-refractivity contribution in [2.45, 2.75) is 36.6 Å². The van der Waals surface area contributed by atoms with Gasteiger partial charge in [0.25, 0.3) is 0 Å². The average Bonchev–Trinajstić information content (AvgIpc) is 2.90. The molecule has 0 amide bonds. The Kier molecular flexibility index (Phi) is 8.02. The van der Waals surface area contributed by atoms with Crippen molar-refractivity contribution in [3.8, 4) is 23.0 Å². The lowest BCUT2D eigenvalue weighted by Crippen LogP contribution is -2.59. The number of hydrogen-bond donors (Lipinski definition) is 6. The van der Waals surface area contributed by atoms with Crippen molar-refractivity contribution in [2.75, 3.05) is 27.4 Å². The number of phenolic OH excluding ortho intramolecular Hbond substituents is 2. The number of aliphatic hydroxyl groups excluding tert-OH is 4. The zero-order valence-electron chi connectivity index (χ0n) is 20.2. The van der Waals surface area contributed by atoms with Gasteiger partial charge in [-0.2, -0.15) is 0 Å². The lowest BCUT2D eigenvalue weighted by molar-refractivity contribution is -0.302. The maximum absolute atomic E-state index is 12.2. The number of carbonyl (C=O) groups is 1. The number of hydrogen-bond acceptors (Lipinski definition) is 11. The lowest BCUT2D eigenvalue weighted by atomic mass is 9.72. The number of rotatable bonds is 8. The van der Waals surface area contributed by atoms with E-state index in [1.54, 1.807) is 24.3 Å². The number of aliphatic hydroxyl groups is 4. The van der Waals surface area contributed by atoms with Gasteiger partial charge in [-0.3, -0.25) is 4.79 Å². The van der Waals surface area contributed by atoms with Crippen LogP contribution in [0.25, 0.3) is 6.08 Å². The minimum Gasteiger partial charge on any atom is -0.504 e. The van der Waals surface area contributed by atoms with Gasteiger partial charge in [0.2, 0.25) is 0 Å². The summed E-state index contributed by atoms with van der Waals surface area (Å²) in [5, 5.41) is 60.7. The first-order valence-corrected chi connectivity index (χ1v) is 11.6. The molecule has 1 aliphatic carbocycles. The van der Waals surface area contributed by atoms with E-state index < -0.39 is 49.1 Å². The highest BCUT2D eigenvalue weighted by Gasteiger charge is 2.45. The third-order valence-corrected chi connectivity index (χ3v) is 6.86. The normalized spacial score (nSPS) is 29.2. The van der Waals surface area contributed by atoms with E-state index in [9.17, 15) is 35.4 Å². The fourth-order valence-electron chi connectivity index (χ4n) is 4.87. The summed E-state index contributed by atoms with van der Waals surface area (Å²) >= 11 is 0. The summed E-state index contributed by atoms with van der Waals surface area (Å²) < 4.78 is 21.8. The molecule has 6 N–H and O–H groups in total. The van der Waals surface area contributed by atoms with E-state index in [4.69, 9.17) is 18.9 Å². The van der Waals surface area contributed by atoms with Crippen LogP contribution in [0.5, 0.6) is 23.0 Å². The topological polar surface area (TPSA) is 175 Å². The number of aldehydes is 1. The van der Waals surface area contributed by atoms with E-state index in [1.165, 1.54) is 26.4 Å². The van der Waals surface area contributed by atoms with Gasteiger partial charge in [0.15, 0.2) is 29.3 Å². The molecule has 1 aliphatic heterocycles. The van der Waals surface area contributed by atoms with Gasteiger partial charge in [-0.1, -0.05) is 6.07 Å². The molecule has 7 atom stereocenters. The number of methoxy groups -OCH3 is 2. The van der Waals surface area contributed by atoms with Gasteiger partial charge in [-0.25, -0.2) is 0 Å². The summed E-state index contributed by atoms with van der Waals surface area (Å²) in [7, 11) is 2.81. The highest BCUT2D eigenvalue weighted by atomic mass is 16.7. The maximum Gasteiger partial charge on any atom is 0.186 e. The first-order valence-electron chi connectivity index (χ1n) is 11.6. The SMILES string of the molecule is COc1cc(C2c3cc(O)c(OC)cc3C=C(C=O)C2COC2OC(CO)C(O)C(O)C2O)ccc1O. The summed E-state index contributed by atoms with van der Waals surface area (Å²) in [5.41, 5.74) is 2.23. The van der Waals surface area contributed by atoms with Gasteiger partial charge in [-0.05, 0) is 52.6 Å². The van der Waals surface area contributed by atoms with Crippen LogP contribution in [0.15, 0.2) is 35.9 Å². The largest absolute Gasteiger partial charge is 0.504 e. The second kappa shape index (κ2) is 11.1. The van der Waals surface area contributed by atoms with Crippen LogP contribution < -0.4 is 9.47 Å². The van der Waals surface area contributed by atoms with Gasteiger partial charge in [0.1, 0.15) is 30.7 Å². The molecule has 7 unspecified atom stereocenters. The average molecular weight is 519 g/mol. The summed E-state index contributed by atoms with van der Waals surface area (Å²) in [6, 6.07) is 7.85. The molecule has 11 nitrogen and oxygen atoms in total. The molecule has 4 rings (SSSR count). The Labute approximate surface area is 212 Å². The Hall–Kier alpha value is -3.19. The predicted molar refractivity (Wildman–Crippen MR) is 128 cm³/mol. The third kappa shape index (κ3) is 5.01. The maximum atomic E-state index is 12.2. The first kappa shape index (κ1) is 26.9. The number of ether oxygens (including phenoxy) is 4. The molecule has 11 heteroatoms. The van der Waals surface area contributed by atoms with E-state index in [2.05, 4.69) is 0 Å². The standard InChI is InChI=1S/C26H30O11/c1-34-19-6-12(3-4-17(19)29)22-15-8-18(30)20(35-2)7-13(15)5-14(9-27)16(22)11-36-26-25(33)24(32)23(31)21(10-28)37-26/h3-9,16,21-26,28-33H,10-11H2,1-2H3. The second-order valence-corrected chi connectivity index (χ2v) is 8.96. The fraction of sp³-hybridized carbons (Fsp3) is 0.423. The molecule has 37 heavy (non-hydrogen) atoms. The third-order valence-electron chi connectivity index (χ3n) is 6.86. The molecule has 1 fully saturated rings. The lowest BCUT2D eigenvalue weighted by Gasteiger charge is -2.41. The van der Waals surface area contributed by atoms with Gasteiger partial charge in [0, 0.05) is 11.8 Å². The highest BCUT2D eigenvalue weighted by Crippen LogP contribution is 2.47. The van der Waals surface area contributed by atoms with Crippen LogP contribution in [0.4, 0.5) is 0 Å². The fourth-order valence-corrected chi connectivity index (χ4v) is 4.87. The Morgan fingerprint density at radius 1 is 0.946 bits per heavy atom. The number of phenols is 2. The van der Waals surface area contributed by atoms with Gasteiger partial charge < -0.3 is 49.6 Å². The van der Waals surface area contributed by atoms with E-state index in [1.807, 2.05) is 0 Å². The van der Waals surface area contributed by atoms with Crippen LogP contribution in [0.2, 0.25) is 0 Å². The molecule has 0 aromatic heterocycles. The van der Waals surface area contributed by atoms with Crippen molar-refractivity contribution in [3.63, 3.8) is 0 Å². The smallest absolute Gasteiger partial charge is 0.186 e. The predicted octanol–water partition coefficient (Wildman–Crippen LogP) is 0.275. The summed E-state index contributed by atoms with van der Waals surface area (Å²) in [6.45, 7) is -0.800. The highest BCUT2D eigenvalue weighted by molar-refractivity contribution is 5.86.